The number of amides is 1. The van der Waals surface area contributed by atoms with Gasteiger partial charge in [0.15, 0.2) is 0 Å². The zero-order chi connectivity index (χ0) is 15.6. The van der Waals surface area contributed by atoms with Gasteiger partial charge in [0.25, 0.3) is 0 Å². The molecule has 7 nitrogen and oxygen atoms in total. The summed E-state index contributed by atoms with van der Waals surface area (Å²) in [6, 6.07) is 2.06. The Morgan fingerprint density at radius 2 is 2.19 bits per heavy atom. The van der Waals surface area contributed by atoms with Gasteiger partial charge in [0, 0.05) is 12.6 Å². The van der Waals surface area contributed by atoms with Gasteiger partial charge < -0.3 is 25.6 Å². The normalized spacial score (nSPS) is 21.1. The van der Waals surface area contributed by atoms with Crippen LogP contribution in [0.3, 0.4) is 0 Å². The van der Waals surface area contributed by atoms with Crippen LogP contribution < -0.4 is 15.4 Å². The van der Waals surface area contributed by atoms with E-state index in [9.17, 15) is 14.7 Å². The summed E-state index contributed by atoms with van der Waals surface area (Å²) in [5.74, 6) is -1.42. The van der Waals surface area contributed by atoms with Gasteiger partial charge in [-0.2, -0.15) is 0 Å². The van der Waals surface area contributed by atoms with Gasteiger partial charge in [0.1, 0.15) is 11.3 Å². The first-order valence-electron chi connectivity index (χ1n) is 6.25. The maximum Gasteiger partial charge on any atom is 0.339 e. The summed E-state index contributed by atoms with van der Waals surface area (Å²) in [5, 5.41) is 24.0. The number of anilines is 1. The third-order valence-electron chi connectivity index (χ3n) is 3.20. The number of carbonyl (C=O) groups is 2. The Morgan fingerprint density at radius 1 is 1.48 bits per heavy atom. The molecule has 0 aromatic heterocycles. The standard InChI is InChI=1S/C13H15ClN2O5/c1-21-11-4-9(8(14)3-7(11)13(19)20)16-12(18)10-2-6(17)5-15-10/h3-4,6,10,15,17H,2,5H2,1H3,(H,16,18)(H,19,20). The lowest BCUT2D eigenvalue weighted by Crippen LogP contribution is -2.35. The van der Waals surface area contributed by atoms with Crippen LogP contribution in [0.15, 0.2) is 12.1 Å². The summed E-state index contributed by atoms with van der Waals surface area (Å²) in [6.07, 6.45) is -0.242. The summed E-state index contributed by atoms with van der Waals surface area (Å²) < 4.78 is 4.98. The number of carboxylic acids is 1. The number of nitrogens with one attached hydrogen (secondary N) is 2. The van der Waals surface area contributed by atoms with Gasteiger partial charge in [-0.05, 0) is 12.5 Å². The largest absolute Gasteiger partial charge is 0.496 e. The maximum atomic E-state index is 12.0. The molecule has 0 spiro atoms. The van der Waals surface area contributed by atoms with Crippen LogP contribution in [0.25, 0.3) is 0 Å². The van der Waals surface area contributed by atoms with Crippen molar-refractivity contribution in [3.05, 3.63) is 22.7 Å². The Morgan fingerprint density at radius 3 is 2.71 bits per heavy atom. The minimum atomic E-state index is -1.17. The number of aromatic carboxylic acids is 1. The number of rotatable bonds is 4. The van der Waals surface area contributed by atoms with Crippen molar-refractivity contribution < 1.29 is 24.5 Å². The van der Waals surface area contributed by atoms with E-state index in [2.05, 4.69) is 10.6 Å². The van der Waals surface area contributed by atoms with Crippen molar-refractivity contribution >= 4 is 29.2 Å². The number of carbonyl (C=O) groups excluding carboxylic acids is 1. The van der Waals surface area contributed by atoms with E-state index in [1.807, 2.05) is 0 Å². The lowest BCUT2D eigenvalue weighted by Gasteiger charge is -2.14. The molecule has 0 aliphatic carbocycles. The first-order chi connectivity index (χ1) is 9.92. The molecule has 1 aliphatic rings. The molecular weight excluding hydrogens is 300 g/mol. The second-order valence-corrected chi connectivity index (χ2v) is 5.08. The monoisotopic (exact) mass is 314 g/mol. The van der Waals surface area contributed by atoms with Crippen molar-refractivity contribution in [2.75, 3.05) is 19.0 Å². The molecule has 1 aromatic rings. The topological polar surface area (TPSA) is 108 Å². The number of hydrogen-bond acceptors (Lipinski definition) is 5. The molecule has 1 aliphatic heterocycles. The minimum absolute atomic E-state index is 0.0880. The number of ether oxygens (including phenoxy) is 1. The van der Waals surface area contributed by atoms with E-state index in [0.717, 1.165) is 0 Å². The van der Waals surface area contributed by atoms with E-state index >= 15 is 0 Å². The molecule has 8 heteroatoms. The number of hydrogen-bond donors (Lipinski definition) is 4. The molecule has 0 bridgehead atoms. The van der Waals surface area contributed by atoms with Gasteiger partial charge in [-0.25, -0.2) is 4.79 Å². The Kier molecular flexibility index (Phi) is 4.66. The highest BCUT2D eigenvalue weighted by Crippen LogP contribution is 2.31. The fraction of sp³-hybridized carbons (Fsp3) is 0.385. The van der Waals surface area contributed by atoms with Gasteiger partial charge >= 0.3 is 5.97 Å². The Balaban J connectivity index is 2.20. The van der Waals surface area contributed by atoms with Crippen molar-refractivity contribution in [1.29, 1.82) is 0 Å². The molecule has 2 unspecified atom stereocenters. The predicted molar refractivity (Wildman–Crippen MR) is 76.0 cm³/mol. The molecule has 1 fully saturated rings. The Labute approximate surface area is 125 Å². The van der Waals surface area contributed by atoms with E-state index in [4.69, 9.17) is 21.4 Å². The van der Waals surface area contributed by atoms with Gasteiger partial charge in [-0.1, -0.05) is 11.6 Å². The fourth-order valence-corrected chi connectivity index (χ4v) is 2.33. The van der Waals surface area contributed by atoms with Crippen molar-refractivity contribution in [2.24, 2.45) is 0 Å². The highest BCUT2D eigenvalue weighted by atomic mass is 35.5. The number of β-amino-alcohol motifs (C(OH)–C–C–N with tert-alkyl or cyclic N) is 1. The molecule has 21 heavy (non-hydrogen) atoms. The Bertz CT molecular complexity index is 578. The molecule has 1 amide bonds. The summed E-state index contributed by atoms with van der Waals surface area (Å²) in [5.41, 5.74) is 0.168. The number of carboxylic acid groups (broad SMARTS) is 1. The van der Waals surface area contributed by atoms with Crippen LogP contribution in [0.5, 0.6) is 5.75 Å². The van der Waals surface area contributed by atoms with Crippen LogP contribution in [-0.4, -0.2) is 47.9 Å². The highest BCUT2D eigenvalue weighted by Gasteiger charge is 2.28. The third kappa shape index (κ3) is 3.44. The smallest absolute Gasteiger partial charge is 0.339 e. The molecule has 0 radical (unpaired) electrons. The third-order valence-corrected chi connectivity index (χ3v) is 3.51. The second kappa shape index (κ2) is 6.30. The molecule has 1 heterocycles. The fourth-order valence-electron chi connectivity index (χ4n) is 2.12. The minimum Gasteiger partial charge on any atom is -0.496 e. The van der Waals surface area contributed by atoms with Crippen LogP contribution >= 0.6 is 11.6 Å². The zero-order valence-electron chi connectivity index (χ0n) is 11.2. The maximum absolute atomic E-state index is 12.0. The number of benzene rings is 1. The van der Waals surface area contributed by atoms with E-state index in [1.165, 1.54) is 19.2 Å². The summed E-state index contributed by atoms with van der Waals surface area (Å²) >= 11 is 5.98. The van der Waals surface area contributed by atoms with Crippen LogP contribution in [0.1, 0.15) is 16.8 Å². The first kappa shape index (κ1) is 15.6. The lowest BCUT2D eigenvalue weighted by molar-refractivity contribution is -0.117. The molecule has 114 valence electrons. The quantitative estimate of drug-likeness (QED) is 0.652. The zero-order valence-corrected chi connectivity index (χ0v) is 12.0. The van der Waals surface area contributed by atoms with Crippen LogP contribution in [0.2, 0.25) is 5.02 Å². The van der Waals surface area contributed by atoms with Crippen LogP contribution in [0, 0.1) is 0 Å². The molecular formula is C13H15ClN2O5. The summed E-state index contributed by atoms with van der Waals surface area (Å²) in [6.45, 7) is 0.354. The van der Waals surface area contributed by atoms with Gasteiger partial charge in [0.05, 0.1) is 30.0 Å². The van der Waals surface area contributed by atoms with Crippen molar-refractivity contribution in [1.82, 2.24) is 5.32 Å². The van der Waals surface area contributed by atoms with Crippen molar-refractivity contribution in [3.63, 3.8) is 0 Å². The molecule has 1 saturated heterocycles. The molecule has 2 atom stereocenters. The molecule has 0 saturated carbocycles. The van der Waals surface area contributed by atoms with Gasteiger partial charge in [0.2, 0.25) is 5.91 Å². The molecule has 4 N–H and O–H groups in total. The second-order valence-electron chi connectivity index (χ2n) is 4.68. The van der Waals surface area contributed by atoms with E-state index in [-0.39, 0.29) is 27.9 Å². The van der Waals surface area contributed by atoms with Crippen molar-refractivity contribution in [2.45, 2.75) is 18.6 Å². The SMILES string of the molecule is COc1cc(NC(=O)C2CC(O)CN2)c(Cl)cc1C(=O)O. The average molecular weight is 315 g/mol. The van der Waals surface area contributed by atoms with Crippen LogP contribution in [-0.2, 0) is 4.79 Å². The molecule has 1 aromatic carbocycles. The summed E-state index contributed by atoms with van der Waals surface area (Å²) in [7, 11) is 1.33. The van der Waals surface area contributed by atoms with E-state index < -0.39 is 18.1 Å². The number of aliphatic hydroxyl groups excluding tert-OH is 1. The number of methoxy groups -OCH3 is 1. The predicted octanol–water partition coefficient (Wildman–Crippen LogP) is 0.708. The van der Waals surface area contributed by atoms with Crippen LogP contribution in [0.4, 0.5) is 5.69 Å². The van der Waals surface area contributed by atoms with Gasteiger partial charge in [-0.15, -0.1) is 0 Å². The average Bonchev–Trinajstić information content (AvgIpc) is 2.87. The van der Waals surface area contributed by atoms with E-state index in [1.54, 1.807) is 0 Å². The van der Waals surface area contributed by atoms with Gasteiger partial charge in [-0.3, -0.25) is 4.79 Å². The summed E-state index contributed by atoms with van der Waals surface area (Å²) in [4.78, 5) is 23.1. The number of halogens is 1. The Hall–Kier alpha value is -1.83. The highest BCUT2D eigenvalue weighted by molar-refractivity contribution is 6.34. The molecule has 2 rings (SSSR count). The number of aliphatic hydroxyl groups is 1. The first-order valence-corrected chi connectivity index (χ1v) is 6.63. The lowest BCUT2D eigenvalue weighted by atomic mass is 10.1. The van der Waals surface area contributed by atoms with Crippen molar-refractivity contribution in [3.8, 4) is 5.75 Å². The van der Waals surface area contributed by atoms with E-state index in [0.29, 0.717) is 13.0 Å².